The molecule has 3 heteroatoms. The first-order valence-electron chi connectivity index (χ1n) is 9.02. The first-order valence-corrected chi connectivity index (χ1v) is 12.9. The van der Waals surface area contributed by atoms with Gasteiger partial charge >= 0.3 is 163 Å². The maximum absolute atomic E-state index is 11.8. The zero-order valence-electron chi connectivity index (χ0n) is 15.4. The first-order chi connectivity index (χ1) is 13.3. The van der Waals surface area contributed by atoms with Gasteiger partial charge in [0.2, 0.25) is 0 Å². The van der Waals surface area contributed by atoms with Gasteiger partial charge in [-0.3, -0.25) is 0 Å². The van der Waals surface area contributed by atoms with E-state index in [9.17, 15) is 4.79 Å². The third-order valence-electron chi connectivity index (χ3n) is 4.32. The van der Waals surface area contributed by atoms with Crippen molar-refractivity contribution in [3.8, 4) is 0 Å². The van der Waals surface area contributed by atoms with Gasteiger partial charge in [0.05, 0.1) is 0 Å². The molecular formula is C24H23AsO2. The van der Waals surface area contributed by atoms with Gasteiger partial charge in [0.15, 0.2) is 0 Å². The molecule has 0 N–H and O–H groups in total. The predicted octanol–water partition coefficient (Wildman–Crippen LogP) is 2.66. The van der Waals surface area contributed by atoms with E-state index in [1.54, 1.807) is 0 Å². The van der Waals surface area contributed by atoms with Crippen LogP contribution >= 0.6 is 0 Å². The molecule has 136 valence electrons. The maximum atomic E-state index is 11.8. The van der Waals surface area contributed by atoms with Crippen LogP contribution in [0.2, 0.25) is 0 Å². The second-order valence-corrected chi connectivity index (χ2v) is 12.9. The van der Waals surface area contributed by atoms with Crippen LogP contribution < -0.4 is 13.1 Å². The van der Waals surface area contributed by atoms with Gasteiger partial charge in [0.25, 0.3) is 0 Å². The van der Waals surface area contributed by atoms with E-state index in [1.165, 1.54) is 19.1 Å². The predicted molar refractivity (Wildman–Crippen MR) is 116 cm³/mol. The Labute approximate surface area is 163 Å². The number of hydrogen-bond acceptors (Lipinski definition) is 2. The van der Waals surface area contributed by atoms with E-state index >= 15 is 0 Å². The molecule has 0 bridgehead atoms. The van der Waals surface area contributed by atoms with E-state index in [-0.39, 0.29) is 5.97 Å². The molecule has 0 atom stereocenters. The van der Waals surface area contributed by atoms with Gasteiger partial charge in [-0.05, 0) is 0 Å². The summed E-state index contributed by atoms with van der Waals surface area (Å²) in [4.78, 5) is 14.1. The SMILES string of the molecule is CCOC(=O)/C=C/C=[As](c1ccccc1)(c1ccccc1)c1ccccc1. The van der Waals surface area contributed by atoms with Crippen molar-refractivity contribution in [1.29, 1.82) is 0 Å². The Hall–Kier alpha value is -2.70. The van der Waals surface area contributed by atoms with Crippen LogP contribution in [0.3, 0.4) is 0 Å². The monoisotopic (exact) mass is 418 g/mol. The average molecular weight is 418 g/mol. The molecule has 27 heavy (non-hydrogen) atoms. The van der Waals surface area contributed by atoms with Crippen LogP contribution in [0.4, 0.5) is 0 Å². The number of carbonyl (C=O) groups is 1. The molecule has 3 rings (SSSR count). The fraction of sp³-hybridized carbons (Fsp3) is 0.0833. The van der Waals surface area contributed by atoms with Crippen molar-refractivity contribution < 1.29 is 9.53 Å². The third kappa shape index (κ3) is 4.35. The molecule has 0 saturated heterocycles. The minimum absolute atomic E-state index is 0.309. The molecule has 2 nitrogen and oxygen atoms in total. The molecule has 0 aliphatic rings. The van der Waals surface area contributed by atoms with Gasteiger partial charge in [-0.1, -0.05) is 0 Å². The number of benzene rings is 3. The van der Waals surface area contributed by atoms with Crippen LogP contribution in [-0.4, -0.2) is 30.5 Å². The summed E-state index contributed by atoms with van der Waals surface area (Å²) in [6.07, 6.45) is 3.40. The Morgan fingerprint density at radius 3 is 1.56 bits per heavy atom. The number of hydrogen-bond donors (Lipinski definition) is 0. The molecule has 3 aromatic carbocycles. The summed E-state index contributed by atoms with van der Waals surface area (Å²) in [5, 5.41) is 0. The second-order valence-electron chi connectivity index (χ2n) is 5.99. The van der Waals surface area contributed by atoms with E-state index in [4.69, 9.17) is 4.74 Å². The number of ether oxygens (including phenoxy) is 1. The van der Waals surface area contributed by atoms with Gasteiger partial charge < -0.3 is 0 Å². The third-order valence-corrected chi connectivity index (χ3v) is 12.6. The Morgan fingerprint density at radius 2 is 1.19 bits per heavy atom. The van der Waals surface area contributed by atoms with Gasteiger partial charge in [0, 0.05) is 0 Å². The van der Waals surface area contributed by atoms with Gasteiger partial charge in [-0.25, -0.2) is 0 Å². The second kappa shape index (κ2) is 9.30. The van der Waals surface area contributed by atoms with Gasteiger partial charge in [0.1, 0.15) is 0 Å². The number of esters is 1. The Kier molecular flexibility index (Phi) is 6.57. The van der Waals surface area contributed by atoms with Crippen LogP contribution in [0.15, 0.2) is 103 Å². The van der Waals surface area contributed by atoms with Crippen molar-refractivity contribution in [1.82, 2.24) is 0 Å². The Balaban J connectivity index is 2.28. The zero-order valence-corrected chi connectivity index (χ0v) is 17.2. The van der Waals surface area contributed by atoms with Crippen molar-refractivity contribution >= 4 is 36.9 Å². The average Bonchev–Trinajstić information content (AvgIpc) is 2.73. The topological polar surface area (TPSA) is 26.3 Å². The Morgan fingerprint density at radius 1 is 0.778 bits per heavy atom. The Bertz CT molecular complexity index is 842. The van der Waals surface area contributed by atoms with E-state index in [0.717, 1.165) is 0 Å². The number of carbonyl (C=O) groups excluding carboxylic acids is 1. The van der Waals surface area contributed by atoms with Crippen molar-refractivity contribution in [2.24, 2.45) is 0 Å². The summed E-state index contributed by atoms with van der Waals surface area (Å²) >= 11 is -2.89. The standard InChI is InChI=1S/C24H23AsO2/c1-2-27-24(26)19-12-20-25(21-13-6-3-7-14-21,22-15-8-4-9-16-22)23-17-10-5-11-18-23/h3-20H,2H2,1H3/b19-12+. The summed E-state index contributed by atoms with van der Waals surface area (Å²) in [6, 6.07) is 31.8. The number of allylic oxidation sites excluding steroid dienone is 1. The van der Waals surface area contributed by atoms with E-state index in [2.05, 4.69) is 77.6 Å². The molecule has 3 aromatic rings. The van der Waals surface area contributed by atoms with Crippen molar-refractivity contribution in [3.05, 3.63) is 103 Å². The molecule has 0 heterocycles. The molecule has 0 unspecified atom stereocenters. The van der Waals surface area contributed by atoms with Crippen LogP contribution in [0.5, 0.6) is 0 Å². The van der Waals surface area contributed by atoms with E-state index in [1.807, 2.05) is 31.2 Å². The van der Waals surface area contributed by atoms with Crippen LogP contribution in [0.1, 0.15) is 6.92 Å². The summed E-state index contributed by atoms with van der Waals surface area (Å²) in [5.74, 6) is -0.309. The minimum atomic E-state index is -2.89. The molecule has 0 fully saturated rings. The molecule has 0 amide bonds. The molecule has 0 radical (unpaired) electrons. The quantitative estimate of drug-likeness (QED) is 0.350. The van der Waals surface area contributed by atoms with Crippen molar-refractivity contribution in [2.45, 2.75) is 6.92 Å². The summed E-state index contributed by atoms with van der Waals surface area (Å²) in [6.45, 7) is 2.19. The van der Waals surface area contributed by atoms with Crippen molar-refractivity contribution in [2.75, 3.05) is 6.61 Å². The molecule has 0 spiro atoms. The molecular weight excluding hydrogens is 395 g/mol. The van der Waals surface area contributed by atoms with Crippen LogP contribution in [0.25, 0.3) is 0 Å². The zero-order chi connectivity index (χ0) is 19.0. The molecule has 0 aliphatic heterocycles. The van der Waals surface area contributed by atoms with Gasteiger partial charge in [-0.2, -0.15) is 0 Å². The normalized spacial score (nSPS) is 11.3. The van der Waals surface area contributed by atoms with Gasteiger partial charge in [-0.15, -0.1) is 0 Å². The molecule has 0 aliphatic carbocycles. The summed E-state index contributed by atoms with van der Waals surface area (Å²) in [7, 11) is 0. The molecule has 0 saturated carbocycles. The van der Waals surface area contributed by atoms with Crippen LogP contribution in [0, 0.1) is 0 Å². The summed E-state index contributed by atoms with van der Waals surface area (Å²) < 4.78 is 8.97. The van der Waals surface area contributed by atoms with Crippen LogP contribution in [-0.2, 0) is 9.53 Å². The fourth-order valence-electron chi connectivity index (χ4n) is 3.14. The van der Waals surface area contributed by atoms with Crippen molar-refractivity contribution in [3.63, 3.8) is 0 Å². The van der Waals surface area contributed by atoms with E-state index < -0.39 is 13.1 Å². The van der Waals surface area contributed by atoms with E-state index in [0.29, 0.717) is 6.61 Å². The fourth-order valence-corrected chi connectivity index (χ4v) is 10.9. The molecule has 0 aromatic heterocycles. The number of rotatable bonds is 6. The first kappa shape index (κ1) is 19.1. The summed E-state index contributed by atoms with van der Waals surface area (Å²) in [5.41, 5.74) is 0.